The fraction of sp³-hybridized carbons (Fsp3) is 0.143. The van der Waals surface area contributed by atoms with E-state index in [9.17, 15) is 8.78 Å². The molecular formula is C14H10Cl2F2O2. The Bertz CT molecular complexity index is 660. The maximum atomic E-state index is 14.1. The zero-order chi connectivity index (χ0) is 14.9. The van der Waals surface area contributed by atoms with Crippen molar-refractivity contribution < 1.29 is 18.3 Å². The van der Waals surface area contributed by atoms with Crippen molar-refractivity contribution in [3.63, 3.8) is 0 Å². The van der Waals surface area contributed by atoms with Gasteiger partial charge in [0.15, 0.2) is 0 Å². The second kappa shape index (κ2) is 5.85. The molecule has 2 rings (SSSR count). The molecule has 0 aliphatic carbocycles. The lowest BCUT2D eigenvalue weighted by Crippen LogP contribution is -1.96. The number of methoxy groups -OCH3 is 2. The molecule has 20 heavy (non-hydrogen) atoms. The zero-order valence-corrected chi connectivity index (χ0v) is 12.1. The molecule has 0 fully saturated rings. The minimum absolute atomic E-state index is 0.0208. The van der Waals surface area contributed by atoms with Crippen molar-refractivity contribution in [1.29, 1.82) is 0 Å². The van der Waals surface area contributed by atoms with Gasteiger partial charge in [0.05, 0.1) is 24.3 Å². The predicted octanol–water partition coefficient (Wildman–Crippen LogP) is 4.96. The van der Waals surface area contributed by atoms with Crippen molar-refractivity contribution in [1.82, 2.24) is 0 Å². The lowest BCUT2D eigenvalue weighted by atomic mass is 10.0. The summed E-state index contributed by atoms with van der Waals surface area (Å²) in [5.41, 5.74) is 0.100. The van der Waals surface area contributed by atoms with Gasteiger partial charge in [0.1, 0.15) is 23.1 Å². The standard InChI is InChI=1S/C14H10Cl2F2O2/c1-19-11-4-3-10(18)12(13(11)16)8-5-7(17)6-9(15)14(8)20-2/h3-6H,1-2H3. The van der Waals surface area contributed by atoms with E-state index < -0.39 is 11.6 Å². The number of hydrogen-bond acceptors (Lipinski definition) is 2. The molecule has 6 heteroatoms. The molecule has 0 bridgehead atoms. The Morgan fingerprint density at radius 3 is 2.30 bits per heavy atom. The number of benzene rings is 2. The molecule has 0 atom stereocenters. The predicted molar refractivity (Wildman–Crippen MR) is 74.9 cm³/mol. The molecule has 0 aromatic heterocycles. The van der Waals surface area contributed by atoms with Gasteiger partial charge < -0.3 is 9.47 Å². The first kappa shape index (κ1) is 14.9. The number of hydrogen-bond donors (Lipinski definition) is 0. The number of ether oxygens (including phenoxy) is 2. The molecule has 0 heterocycles. The molecule has 0 unspecified atom stereocenters. The van der Waals surface area contributed by atoms with E-state index in [2.05, 4.69) is 0 Å². The molecule has 0 saturated heterocycles. The normalized spacial score (nSPS) is 10.5. The Kier molecular flexibility index (Phi) is 4.35. The summed E-state index contributed by atoms with van der Waals surface area (Å²) in [4.78, 5) is 0. The second-order valence-electron chi connectivity index (χ2n) is 3.91. The molecule has 0 saturated carbocycles. The van der Waals surface area contributed by atoms with Crippen LogP contribution >= 0.6 is 23.2 Å². The highest BCUT2D eigenvalue weighted by Crippen LogP contribution is 2.44. The summed E-state index contributed by atoms with van der Waals surface area (Å²) in [6.07, 6.45) is 0. The fourth-order valence-corrected chi connectivity index (χ4v) is 2.51. The average Bonchev–Trinajstić information content (AvgIpc) is 2.38. The van der Waals surface area contributed by atoms with E-state index in [0.717, 1.165) is 12.1 Å². The molecule has 2 nitrogen and oxygen atoms in total. The Morgan fingerprint density at radius 2 is 1.70 bits per heavy atom. The highest BCUT2D eigenvalue weighted by molar-refractivity contribution is 6.35. The van der Waals surface area contributed by atoms with Crippen molar-refractivity contribution in [3.8, 4) is 22.6 Å². The Balaban J connectivity index is 2.80. The molecule has 2 aromatic rings. The maximum Gasteiger partial charge on any atom is 0.145 e. The lowest BCUT2D eigenvalue weighted by molar-refractivity contribution is 0.412. The number of halogens is 4. The van der Waals surface area contributed by atoms with Crippen molar-refractivity contribution in [2.24, 2.45) is 0 Å². The van der Waals surface area contributed by atoms with Crippen molar-refractivity contribution in [3.05, 3.63) is 45.9 Å². The van der Waals surface area contributed by atoms with Gasteiger partial charge in [0, 0.05) is 11.1 Å². The fourth-order valence-electron chi connectivity index (χ4n) is 1.89. The molecule has 0 aliphatic heterocycles. The molecule has 106 valence electrons. The van der Waals surface area contributed by atoms with Crippen LogP contribution in [-0.2, 0) is 0 Å². The second-order valence-corrected chi connectivity index (χ2v) is 4.69. The summed E-state index contributed by atoms with van der Waals surface area (Å²) >= 11 is 12.0. The van der Waals surface area contributed by atoms with E-state index in [1.54, 1.807) is 0 Å². The van der Waals surface area contributed by atoms with Gasteiger partial charge in [0.25, 0.3) is 0 Å². The van der Waals surface area contributed by atoms with Crippen molar-refractivity contribution in [2.75, 3.05) is 14.2 Å². The SMILES string of the molecule is COc1ccc(F)c(-c2cc(F)cc(Cl)c2OC)c1Cl. The van der Waals surface area contributed by atoms with Gasteiger partial charge in [-0.2, -0.15) is 0 Å². The van der Waals surface area contributed by atoms with E-state index in [0.29, 0.717) is 0 Å². The Labute approximate surface area is 124 Å². The third kappa shape index (κ3) is 2.53. The molecule has 0 amide bonds. The van der Waals surface area contributed by atoms with Crippen LogP contribution in [0.4, 0.5) is 8.78 Å². The maximum absolute atomic E-state index is 14.1. The van der Waals surface area contributed by atoms with Gasteiger partial charge in [-0.05, 0) is 24.3 Å². The van der Waals surface area contributed by atoms with Crippen molar-refractivity contribution >= 4 is 23.2 Å². The first-order valence-corrected chi connectivity index (χ1v) is 6.30. The van der Waals surface area contributed by atoms with E-state index in [4.69, 9.17) is 32.7 Å². The molecule has 0 aliphatic rings. The van der Waals surface area contributed by atoms with Crippen LogP contribution in [0, 0.1) is 11.6 Å². The van der Waals surface area contributed by atoms with Gasteiger partial charge in [-0.1, -0.05) is 23.2 Å². The average molecular weight is 319 g/mol. The monoisotopic (exact) mass is 318 g/mol. The minimum atomic E-state index is -0.629. The molecule has 2 aromatic carbocycles. The van der Waals surface area contributed by atoms with E-state index in [1.807, 2.05) is 0 Å². The van der Waals surface area contributed by atoms with E-state index >= 15 is 0 Å². The third-order valence-corrected chi connectivity index (χ3v) is 3.41. The van der Waals surface area contributed by atoms with E-state index in [-0.39, 0.29) is 32.7 Å². The third-order valence-electron chi connectivity index (χ3n) is 2.76. The van der Waals surface area contributed by atoms with Crippen LogP contribution in [0.1, 0.15) is 0 Å². The highest BCUT2D eigenvalue weighted by atomic mass is 35.5. The molecule has 0 radical (unpaired) electrons. The first-order chi connectivity index (χ1) is 9.49. The van der Waals surface area contributed by atoms with Gasteiger partial charge in [-0.25, -0.2) is 8.78 Å². The lowest BCUT2D eigenvalue weighted by Gasteiger charge is -2.14. The van der Waals surface area contributed by atoms with Crippen LogP contribution in [0.2, 0.25) is 10.0 Å². The van der Waals surface area contributed by atoms with Crippen LogP contribution in [-0.4, -0.2) is 14.2 Å². The summed E-state index contributed by atoms with van der Waals surface area (Å²) in [6.45, 7) is 0. The van der Waals surface area contributed by atoms with Crippen LogP contribution in [0.5, 0.6) is 11.5 Å². The van der Waals surface area contributed by atoms with Crippen molar-refractivity contribution in [2.45, 2.75) is 0 Å². The van der Waals surface area contributed by atoms with Gasteiger partial charge >= 0.3 is 0 Å². The molecule has 0 N–H and O–H groups in total. The highest BCUT2D eigenvalue weighted by Gasteiger charge is 2.20. The molecular weight excluding hydrogens is 309 g/mol. The summed E-state index contributed by atoms with van der Waals surface area (Å²) < 4.78 is 37.7. The number of rotatable bonds is 3. The quantitative estimate of drug-likeness (QED) is 0.796. The first-order valence-electron chi connectivity index (χ1n) is 5.55. The Hall–Kier alpha value is -1.52. The smallest absolute Gasteiger partial charge is 0.145 e. The molecule has 0 spiro atoms. The van der Waals surface area contributed by atoms with Crippen LogP contribution < -0.4 is 9.47 Å². The van der Waals surface area contributed by atoms with E-state index in [1.165, 1.54) is 26.4 Å². The minimum Gasteiger partial charge on any atom is -0.495 e. The summed E-state index contributed by atoms with van der Waals surface area (Å²) in [5, 5.41) is 0.0493. The van der Waals surface area contributed by atoms with Gasteiger partial charge in [0.2, 0.25) is 0 Å². The topological polar surface area (TPSA) is 18.5 Å². The van der Waals surface area contributed by atoms with Gasteiger partial charge in [-0.3, -0.25) is 0 Å². The van der Waals surface area contributed by atoms with Crippen LogP contribution in [0.25, 0.3) is 11.1 Å². The summed E-state index contributed by atoms with van der Waals surface area (Å²) in [5.74, 6) is -0.840. The van der Waals surface area contributed by atoms with Gasteiger partial charge in [-0.15, -0.1) is 0 Å². The van der Waals surface area contributed by atoms with Crippen LogP contribution in [0.15, 0.2) is 24.3 Å². The Morgan fingerprint density at radius 1 is 1.00 bits per heavy atom. The largest absolute Gasteiger partial charge is 0.495 e. The summed E-state index contributed by atoms with van der Waals surface area (Å²) in [7, 11) is 2.76. The summed E-state index contributed by atoms with van der Waals surface area (Å²) in [6, 6.07) is 4.75. The zero-order valence-electron chi connectivity index (χ0n) is 10.6. The van der Waals surface area contributed by atoms with Crippen LogP contribution in [0.3, 0.4) is 0 Å².